The molecule has 3 rings (SSSR count). The van der Waals surface area contributed by atoms with Crippen LogP contribution in [-0.2, 0) is 4.74 Å². The monoisotopic (exact) mass is 278 g/mol. The quantitative estimate of drug-likeness (QED) is 0.658. The standard InChI is InChI=1S/C16H26N2O2/c1-12-5-6-14(20-12)15(18-17)13-7-10-19-16(11-13)8-3-2-4-9-16/h5-6,13,15,18H,2-4,7-11,17H2,1H3. The van der Waals surface area contributed by atoms with Crippen molar-refractivity contribution in [3.8, 4) is 0 Å². The van der Waals surface area contributed by atoms with Crippen molar-refractivity contribution in [1.29, 1.82) is 0 Å². The summed E-state index contributed by atoms with van der Waals surface area (Å²) in [6, 6.07) is 4.16. The molecule has 0 amide bonds. The van der Waals surface area contributed by atoms with E-state index >= 15 is 0 Å². The van der Waals surface area contributed by atoms with Gasteiger partial charge in [-0.15, -0.1) is 0 Å². The average molecular weight is 278 g/mol. The fourth-order valence-electron chi connectivity index (χ4n) is 3.97. The third-order valence-electron chi connectivity index (χ3n) is 5.01. The highest BCUT2D eigenvalue weighted by molar-refractivity contribution is 5.11. The highest BCUT2D eigenvalue weighted by atomic mass is 16.5. The van der Waals surface area contributed by atoms with E-state index in [1.54, 1.807) is 0 Å². The molecule has 0 aromatic carbocycles. The van der Waals surface area contributed by atoms with Crippen LogP contribution >= 0.6 is 0 Å². The maximum absolute atomic E-state index is 6.17. The molecular formula is C16H26N2O2. The van der Waals surface area contributed by atoms with E-state index in [-0.39, 0.29) is 11.6 Å². The Morgan fingerprint density at radius 1 is 1.30 bits per heavy atom. The number of aryl methyl sites for hydroxylation is 1. The smallest absolute Gasteiger partial charge is 0.122 e. The molecule has 1 spiro atoms. The van der Waals surface area contributed by atoms with Crippen molar-refractivity contribution >= 4 is 0 Å². The topological polar surface area (TPSA) is 60.4 Å². The predicted molar refractivity (Wildman–Crippen MR) is 78.0 cm³/mol. The molecule has 0 bridgehead atoms. The average Bonchev–Trinajstić information content (AvgIpc) is 2.87. The summed E-state index contributed by atoms with van der Waals surface area (Å²) in [5.74, 6) is 8.21. The van der Waals surface area contributed by atoms with Gasteiger partial charge in [-0.1, -0.05) is 19.3 Å². The molecule has 1 saturated carbocycles. The molecule has 20 heavy (non-hydrogen) atoms. The van der Waals surface area contributed by atoms with Gasteiger partial charge in [0.05, 0.1) is 11.6 Å². The van der Waals surface area contributed by atoms with Crippen LogP contribution in [0, 0.1) is 12.8 Å². The first-order valence-corrected chi connectivity index (χ1v) is 7.89. The molecule has 3 N–H and O–H groups in total. The van der Waals surface area contributed by atoms with Gasteiger partial charge in [0, 0.05) is 6.61 Å². The van der Waals surface area contributed by atoms with Gasteiger partial charge in [0.25, 0.3) is 0 Å². The Morgan fingerprint density at radius 3 is 2.75 bits per heavy atom. The van der Waals surface area contributed by atoms with E-state index in [4.69, 9.17) is 15.0 Å². The number of hydrogen-bond donors (Lipinski definition) is 2. The summed E-state index contributed by atoms with van der Waals surface area (Å²) >= 11 is 0. The molecule has 1 aliphatic heterocycles. The molecule has 2 unspecified atom stereocenters. The van der Waals surface area contributed by atoms with Crippen LogP contribution in [-0.4, -0.2) is 12.2 Å². The maximum Gasteiger partial charge on any atom is 0.122 e. The van der Waals surface area contributed by atoms with Crippen LogP contribution in [0.1, 0.15) is 62.5 Å². The summed E-state index contributed by atoms with van der Waals surface area (Å²) in [4.78, 5) is 0. The predicted octanol–water partition coefficient (Wildman–Crippen LogP) is 3.22. The highest BCUT2D eigenvalue weighted by Gasteiger charge is 2.41. The Balaban J connectivity index is 1.74. The van der Waals surface area contributed by atoms with Gasteiger partial charge < -0.3 is 9.15 Å². The lowest BCUT2D eigenvalue weighted by atomic mass is 9.74. The first kappa shape index (κ1) is 14.1. The van der Waals surface area contributed by atoms with Crippen molar-refractivity contribution in [3.63, 3.8) is 0 Å². The Bertz CT molecular complexity index is 432. The highest BCUT2D eigenvalue weighted by Crippen LogP contribution is 2.44. The van der Waals surface area contributed by atoms with Gasteiger partial charge in [-0.25, -0.2) is 5.43 Å². The summed E-state index contributed by atoms with van der Waals surface area (Å²) in [6.07, 6.45) is 8.51. The van der Waals surface area contributed by atoms with Crippen molar-refractivity contribution in [2.75, 3.05) is 6.61 Å². The lowest BCUT2D eigenvalue weighted by molar-refractivity contribution is -0.122. The Hall–Kier alpha value is -0.840. The molecule has 4 heteroatoms. The molecule has 1 aromatic heterocycles. The molecule has 2 aliphatic rings. The van der Waals surface area contributed by atoms with Crippen molar-refractivity contribution in [2.45, 2.75) is 63.5 Å². The SMILES string of the molecule is Cc1ccc(C(NN)C2CCOC3(CCCCC3)C2)o1. The molecule has 1 aromatic rings. The maximum atomic E-state index is 6.17. The number of nitrogens with two attached hydrogens (primary N) is 1. The number of furan rings is 1. The van der Waals surface area contributed by atoms with Crippen molar-refractivity contribution < 1.29 is 9.15 Å². The summed E-state index contributed by atoms with van der Waals surface area (Å²) in [7, 11) is 0. The lowest BCUT2D eigenvalue weighted by Gasteiger charge is -2.45. The zero-order chi connectivity index (χ0) is 14.0. The van der Waals surface area contributed by atoms with Crippen LogP contribution in [0.15, 0.2) is 16.5 Å². The molecule has 2 fully saturated rings. The van der Waals surface area contributed by atoms with E-state index in [0.29, 0.717) is 5.92 Å². The summed E-state index contributed by atoms with van der Waals surface area (Å²) < 4.78 is 12.0. The lowest BCUT2D eigenvalue weighted by Crippen LogP contribution is -2.45. The Morgan fingerprint density at radius 2 is 2.10 bits per heavy atom. The van der Waals surface area contributed by atoms with Crippen LogP contribution in [0.2, 0.25) is 0 Å². The fraction of sp³-hybridized carbons (Fsp3) is 0.750. The number of hydrogen-bond acceptors (Lipinski definition) is 4. The molecule has 112 valence electrons. The van der Waals surface area contributed by atoms with Gasteiger partial charge >= 0.3 is 0 Å². The van der Waals surface area contributed by atoms with Gasteiger partial charge in [-0.2, -0.15) is 0 Å². The fourth-order valence-corrected chi connectivity index (χ4v) is 3.97. The first-order chi connectivity index (χ1) is 9.72. The van der Waals surface area contributed by atoms with Gasteiger partial charge in [-0.3, -0.25) is 5.84 Å². The molecule has 2 heterocycles. The van der Waals surface area contributed by atoms with Crippen molar-refractivity contribution in [2.24, 2.45) is 11.8 Å². The second kappa shape index (κ2) is 5.88. The van der Waals surface area contributed by atoms with E-state index in [2.05, 4.69) is 5.43 Å². The molecule has 4 nitrogen and oxygen atoms in total. The zero-order valence-electron chi connectivity index (χ0n) is 12.4. The van der Waals surface area contributed by atoms with Crippen LogP contribution in [0.3, 0.4) is 0 Å². The number of hydrazine groups is 1. The van der Waals surface area contributed by atoms with Crippen molar-refractivity contribution in [3.05, 3.63) is 23.7 Å². The third kappa shape index (κ3) is 2.78. The molecule has 2 atom stereocenters. The summed E-state index contributed by atoms with van der Waals surface area (Å²) in [5, 5.41) is 0. The normalized spacial score (nSPS) is 27.6. The van der Waals surface area contributed by atoms with E-state index in [1.807, 2.05) is 19.1 Å². The Labute approximate surface area is 121 Å². The molecular weight excluding hydrogens is 252 g/mol. The van der Waals surface area contributed by atoms with E-state index in [0.717, 1.165) is 31.0 Å². The second-order valence-electron chi connectivity index (χ2n) is 6.44. The van der Waals surface area contributed by atoms with E-state index < -0.39 is 0 Å². The number of nitrogens with one attached hydrogen (secondary N) is 1. The summed E-state index contributed by atoms with van der Waals surface area (Å²) in [6.45, 7) is 2.83. The second-order valence-corrected chi connectivity index (χ2v) is 6.44. The van der Waals surface area contributed by atoms with Gasteiger partial charge in [0.1, 0.15) is 11.5 Å². The molecule has 1 saturated heterocycles. The first-order valence-electron chi connectivity index (χ1n) is 7.89. The zero-order valence-corrected chi connectivity index (χ0v) is 12.4. The Kier molecular flexibility index (Phi) is 4.15. The van der Waals surface area contributed by atoms with Crippen LogP contribution in [0.5, 0.6) is 0 Å². The van der Waals surface area contributed by atoms with Crippen LogP contribution in [0.25, 0.3) is 0 Å². The van der Waals surface area contributed by atoms with Crippen LogP contribution < -0.4 is 11.3 Å². The minimum absolute atomic E-state index is 0.103. The third-order valence-corrected chi connectivity index (χ3v) is 5.01. The van der Waals surface area contributed by atoms with Gasteiger partial charge in [0.2, 0.25) is 0 Å². The van der Waals surface area contributed by atoms with Crippen molar-refractivity contribution in [1.82, 2.24) is 5.43 Å². The largest absolute Gasteiger partial charge is 0.465 e. The number of rotatable bonds is 3. The molecule has 1 aliphatic carbocycles. The minimum Gasteiger partial charge on any atom is -0.465 e. The molecule has 0 radical (unpaired) electrons. The van der Waals surface area contributed by atoms with E-state index in [9.17, 15) is 0 Å². The summed E-state index contributed by atoms with van der Waals surface area (Å²) in [5.41, 5.74) is 3.08. The minimum atomic E-state index is 0.103. The van der Waals surface area contributed by atoms with Crippen LogP contribution in [0.4, 0.5) is 0 Å². The number of ether oxygens (including phenoxy) is 1. The van der Waals surface area contributed by atoms with Gasteiger partial charge in [0.15, 0.2) is 0 Å². The van der Waals surface area contributed by atoms with E-state index in [1.165, 1.54) is 32.1 Å². The van der Waals surface area contributed by atoms with Gasteiger partial charge in [-0.05, 0) is 50.7 Å².